The average molecular weight is 807 g/mol. The fourth-order valence-electron chi connectivity index (χ4n) is 6.72. The summed E-state index contributed by atoms with van der Waals surface area (Å²) in [6, 6.07) is 18.9. The van der Waals surface area contributed by atoms with Gasteiger partial charge in [0.05, 0.1) is 0 Å². The Balaban J connectivity index is 1.48. The zero-order valence-electron chi connectivity index (χ0n) is 28.4. The summed E-state index contributed by atoms with van der Waals surface area (Å²) in [7, 11) is 0. The fourth-order valence-corrected chi connectivity index (χ4v) is 7.08. The van der Waals surface area contributed by atoms with E-state index in [2.05, 4.69) is 38.2 Å². The minimum Gasteiger partial charge on any atom is -0.370 e. The maximum absolute atomic E-state index is 14.8. The smallest absolute Gasteiger partial charge is 0.246 e. The van der Waals surface area contributed by atoms with Gasteiger partial charge in [0, 0.05) is 49.4 Å². The van der Waals surface area contributed by atoms with Crippen LogP contribution in [0.1, 0.15) is 47.6 Å². The van der Waals surface area contributed by atoms with Crippen molar-refractivity contribution in [1.82, 2.24) is 20.4 Å². The molecular weight excluding hydrogens is 763 g/mol. The molecule has 2 unspecified atom stereocenters. The van der Waals surface area contributed by atoms with E-state index in [1.807, 2.05) is 72.8 Å². The number of guanidine groups is 1. The van der Waals surface area contributed by atoms with Crippen LogP contribution in [0.2, 0.25) is 0 Å². The first-order valence-corrected chi connectivity index (χ1v) is 17.9. The van der Waals surface area contributed by atoms with Gasteiger partial charge in [-0.1, -0.05) is 60.7 Å². The van der Waals surface area contributed by atoms with Crippen LogP contribution in [-0.2, 0) is 56.3 Å². The Morgan fingerprint density at radius 2 is 1.35 bits per heavy atom. The van der Waals surface area contributed by atoms with Gasteiger partial charge in [-0.15, -0.1) is 0 Å². The highest BCUT2D eigenvalue weighted by atomic mass is 127. The second kappa shape index (κ2) is 16.8. The van der Waals surface area contributed by atoms with Crippen LogP contribution in [0.15, 0.2) is 77.8 Å². The monoisotopic (exact) mass is 806 g/mol. The van der Waals surface area contributed by atoms with Gasteiger partial charge in [-0.05, 0) is 75.4 Å². The molecule has 2 heterocycles. The molecule has 0 spiro atoms. The van der Waals surface area contributed by atoms with E-state index >= 15 is 0 Å². The summed E-state index contributed by atoms with van der Waals surface area (Å²) in [5, 5.41) is 5.58. The molecule has 2 aliphatic rings. The molecule has 5 rings (SSSR count). The number of hydrogen-bond acceptors (Lipinski definition) is 6. The number of halogens is 1. The lowest BCUT2D eigenvalue weighted by atomic mass is 9.89. The molecule has 0 bridgehead atoms. The molecule has 3 aromatic carbocycles. The number of fused-ring (bicyclic) bond motifs is 2. The van der Waals surface area contributed by atoms with E-state index in [9.17, 15) is 24.0 Å². The van der Waals surface area contributed by atoms with Crippen molar-refractivity contribution < 1.29 is 24.0 Å². The van der Waals surface area contributed by atoms with E-state index in [4.69, 9.17) is 17.2 Å². The van der Waals surface area contributed by atoms with Crippen molar-refractivity contribution in [2.24, 2.45) is 22.2 Å². The second-order valence-electron chi connectivity index (χ2n) is 12.9. The Morgan fingerprint density at radius 3 is 1.92 bits per heavy atom. The minimum absolute atomic E-state index is 0.0816. The van der Waals surface area contributed by atoms with E-state index < -0.39 is 53.7 Å². The van der Waals surface area contributed by atoms with Gasteiger partial charge < -0.3 is 37.6 Å². The van der Waals surface area contributed by atoms with E-state index in [-0.39, 0.29) is 51.3 Å². The summed E-state index contributed by atoms with van der Waals surface area (Å²) in [5.74, 6) is -2.54. The third-order valence-electron chi connectivity index (χ3n) is 9.28. The van der Waals surface area contributed by atoms with Crippen LogP contribution < -0.4 is 27.8 Å². The van der Waals surface area contributed by atoms with Gasteiger partial charge in [0.15, 0.2) is 5.96 Å². The standard InChI is InChI=1S/C37H43IN8O5/c1-22(47)43-29(11-6-16-42-37(40)41)34(49)44-30(17-23-12-14-28(38)15-13-23)35(50)46-21-27-10-5-3-8-25(27)19-32(46)36(51)45-20-26-9-4-2-7-24(26)18-31(45)33(39)48/h2-5,7-10,12-15,29-32H,6,11,16-21H2,1H3,(H2,39,48)(H,43,47)(H,44,49)(H4,40,41,42)/t29-,30+,31?,32?/m0/s1. The third-order valence-corrected chi connectivity index (χ3v) is 10.0. The number of hydrogen-bond donors (Lipinski definition) is 5. The number of nitrogens with zero attached hydrogens (tertiary/aromatic N) is 3. The molecule has 3 aromatic rings. The van der Waals surface area contributed by atoms with Crippen LogP contribution >= 0.6 is 22.6 Å². The van der Waals surface area contributed by atoms with Gasteiger partial charge in [-0.25, -0.2) is 0 Å². The lowest BCUT2D eigenvalue weighted by Gasteiger charge is -2.43. The highest BCUT2D eigenvalue weighted by Gasteiger charge is 2.43. The minimum atomic E-state index is -1.10. The van der Waals surface area contributed by atoms with Gasteiger partial charge in [-0.2, -0.15) is 0 Å². The summed E-state index contributed by atoms with van der Waals surface area (Å²) in [5.41, 5.74) is 21.2. The van der Waals surface area contributed by atoms with Crippen LogP contribution in [0, 0.1) is 3.57 Å². The van der Waals surface area contributed by atoms with Crippen LogP contribution in [-0.4, -0.2) is 76.0 Å². The summed E-state index contributed by atoms with van der Waals surface area (Å²) >= 11 is 2.19. The van der Waals surface area contributed by atoms with Crippen LogP contribution in [0.3, 0.4) is 0 Å². The van der Waals surface area contributed by atoms with E-state index in [1.54, 1.807) is 0 Å². The van der Waals surface area contributed by atoms with Crippen molar-refractivity contribution in [3.8, 4) is 0 Å². The average Bonchev–Trinajstić information content (AvgIpc) is 3.11. The SMILES string of the molecule is CC(=O)N[C@@H](CCCN=C(N)N)C(=O)N[C@H](Cc1ccc(I)cc1)C(=O)N1Cc2ccccc2CC1C(=O)N1Cc2ccccc2CC1C(N)=O. The molecule has 2 aliphatic heterocycles. The van der Waals surface area contributed by atoms with Crippen LogP contribution in [0.5, 0.6) is 0 Å². The first-order valence-electron chi connectivity index (χ1n) is 16.8. The van der Waals surface area contributed by atoms with Gasteiger partial charge in [0.25, 0.3) is 0 Å². The van der Waals surface area contributed by atoms with Crippen molar-refractivity contribution >= 4 is 58.1 Å². The molecular formula is C37H43IN8O5. The Hall–Kier alpha value is -4.99. The summed E-state index contributed by atoms with van der Waals surface area (Å²) in [6.07, 6.45) is 1.23. The number of primary amides is 1. The quantitative estimate of drug-likeness (QED) is 0.0784. The number of amides is 5. The highest BCUT2D eigenvalue weighted by Crippen LogP contribution is 2.30. The first kappa shape index (κ1) is 37.3. The third kappa shape index (κ3) is 9.42. The number of benzene rings is 3. The van der Waals surface area contributed by atoms with Crippen LogP contribution in [0.4, 0.5) is 0 Å². The molecule has 0 aromatic heterocycles. The fraction of sp³-hybridized carbons (Fsp3) is 0.351. The molecule has 0 saturated carbocycles. The first-order chi connectivity index (χ1) is 24.4. The molecule has 0 aliphatic carbocycles. The van der Waals surface area contributed by atoms with E-state index in [1.165, 1.54) is 16.7 Å². The van der Waals surface area contributed by atoms with Crippen LogP contribution in [0.25, 0.3) is 0 Å². The molecule has 5 amide bonds. The molecule has 8 N–H and O–H groups in total. The van der Waals surface area contributed by atoms with Gasteiger partial charge >= 0.3 is 0 Å². The Morgan fingerprint density at radius 1 is 0.784 bits per heavy atom. The van der Waals surface area contributed by atoms with Crippen molar-refractivity contribution in [1.29, 1.82) is 0 Å². The largest absolute Gasteiger partial charge is 0.370 e. The van der Waals surface area contributed by atoms with E-state index in [0.717, 1.165) is 31.4 Å². The summed E-state index contributed by atoms with van der Waals surface area (Å²) in [6.45, 7) is 1.85. The zero-order chi connectivity index (χ0) is 36.7. The summed E-state index contributed by atoms with van der Waals surface area (Å²) in [4.78, 5) is 75.1. The molecule has 14 heteroatoms. The molecule has 0 saturated heterocycles. The molecule has 268 valence electrons. The van der Waals surface area contributed by atoms with Gasteiger partial charge in [-0.3, -0.25) is 29.0 Å². The maximum atomic E-state index is 14.8. The van der Waals surface area contributed by atoms with Crippen molar-refractivity contribution in [2.45, 2.75) is 76.3 Å². The number of nitrogens with two attached hydrogens (primary N) is 3. The molecule has 13 nitrogen and oxygen atoms in total. The van der Waals surface area contributed by atoms with E-state index in [0.29, 0.717) is 6.42 Å². The number of nitrogens with one attached hydrogen (secondary N) is 2. The highest BCUT2D eigenvalue weighted by molar-refractivity contribution is 14.1. The molecule has 4 atom stereocenters. The number of rotatable bonds is 12. The predicted octanol–water partition coefficient (Wildman–Crippen LogP) is 1.27. The number of carbonyl (C=O) groups excluding carboxylic acids is 5. The zero-order valence-corrected chi connectivity index (χ0v) is 30.5. The lowest BCUT2D eigenvalue weighted by molar-refractivity contribution is -0.152. The topological polar surface area (TPSA) is 206 Å². The summed E-state index contributed by atoms with van der Waals surface area (Å²) < 4.78 is 1.00. The van der Waals surface area contributed by atoms with Gasteiger partial charge in [0.2, 0.25) is 29.5 Å². The normalized spacial score (nSPS) is 17.6. The Labute approximate surface area is 310 Å². The molecule has 51 heavy (non-hydrogen) atoms. The molecule has 0 fully saturated rings. The van der Waals surface area contributed by atoms with Crippen molar-refractivity contribution in [3.05, 3.63) is 104 Å². The van der Waals surface area contributed by atoms with Crippen molar-refractivity contribution in [3.63, 3.8) is 0 Å². The Kier molecular flexibility index (Phi) is 12.3. The Bertz CT molecular complexity index is 1810. The number of carbonyl (C=O) groups is 5. The maximum Gasteiger partial charge on any atom is 0.246 e. The second-order valence-corrected chi connectivity index (χ2v) is 14.2. The lowest BCUT2D eigenvalue weighted by Crippen LogP contribution is -2.62. The number of aliphatic imine (C=N–C) groups is 1. The van der Waals surface area contributed by atoms with Crippen molar-refractivity contribution in [2.75, 3.05) is 6.54 Å². The molecule has 0 radical (unpaired) electrons. The van der Waals surface area contributed by atoms with Gasteiger partial charge in [0.1, 0.15) is 24.2 Å². The predicted molar refractivity (Wildman–Crippen MR) is 200 cm³/mol.